The molecule has 2 aliphatic heterocycles. The third-order valence-electron chi connectivity index (χ3n) is 3.01. The Morgan fingerprint density at radius 1 is 1.31 bits per heavy atom. The van der Waals surface area contributed by atoms with E-state index >= 15 is 0 Å². The number of phenols is 1. The summed E-state index contributed by atoms with van der Waals surface area (Å²) in [7, 11) is 0. The van der Waals surface area contributed by atoms with Gasteiger partial charge in [-0.05, 0) is 12.1 Å². The van der Waals surface area contributed by atoms with Crippen molar-refractivity contribution in [3.63, 3.8) is 0 Å². The molecule has 0 amide bonds. The van der Waals surface area contributed by atoms with Crippen LogP contribution in [0.5, 0.6) is 5.75 Å². The second kappa shape index (κ2) is 2.39. The second-order valence-corrected chi connectivity index (χ2v) is 3.75. The SMILES string of the molecule is Oc1cccc2c1C1CNCC1N2. The molecule has 0 bridgehead atoms. The first-order valence-electron chi connectivity index (χ1n) is 4.65. The molecular formula is C10H12N2O. The summed E-state index contributed by atoms with van der Waals surface area (Å²) in [6, 6.07) is 6.16. The number of nitrogens with one attached hydrogen (secondary N) is 2. The van der Waals surface area contributed by atoms with E-state index in [-0.39, 0.29) is 0 Å². The summed E-state index contributed by atoms with van der Waals surface area (Å²) < 4.78 is 0. The fourth-order valence-corrected chi connectivity index (χ4v) is 2.40. The van der Waals surface area contributed by atoms with Crippen LogP contribution in [0.3, 0.4) is 0 Å². The lowest BCUT2D eigenvalue weighted by Gasteiger charge is -2.07. The van der Waals surface area contributed by atoms with Gasteiger partial charge in [-0.15, -0.1) is 0 Å². The lowest BCUT2D eigenvalue weighted by atomic mass is 9.97. The Morgan fingerprint density at radius 3 is 3.15 bits per heavy atom. The van der Waals surface area contributed by atoms with Gasteiger partial charge in [-0.1, -0.05) is 6.07 Å². The zero-order valence-electron chi connectivity index (χ0n) is 7.25. The predicted octanol–water partition coefficient (Wildman–Crippen LogP) is 0.873. The Labute approximate surface area is 76.8 Å². The third kappa shape index (κ3) is 0.877. The van der Waals surface area contributed by atoms with Gasteiger partial charge in [0.2, 0.25) is 0 Å². The minimum absolute atomic E-state index is 0.432. The number of hydrogen-bond acceptors (Lipinski definition) is 3. The highest BCUT2D eigenvalue weighted by Gasteiger charge is 2.37. The van der Waals surface area contributed by atoms with Crippen molar-refractivity contribution < 1.29 is 5.11 Å². The molecule has 1 aromatic carbocycles. The lowest BCUT2D eigenvalue weighted by Crippen LogP contribution is -2.20. The molecule has 2 heterocycles. The van der Waals surface area contributed by atoms with Crippen molar-refractivity contribution in [3.8, 4) is 5.75 Å². The number of hydrogen-bond donors (Lipinski definition) is 3. The van der Waals surface area contributed by atoms with E-state index in [1.807, 2.05) is 12.1 Å². The topological polar surface area (TPSA) is 44.3 Å². The molecule has 2 aliphatic rings. The molecule has 1 saturated heterocycles. The summed E-state index contributed by atoms with van der Waals surface area (Å²) in [5.74, 6) is 0.886. The van der Waals surface area contributed by atoms with Crippen LogP contribution in [0.1, 0.15) is 11.5 Å². The number of aromatic hydroxyl groups is 1. The first kappa shape index (κ1) is 7.21. The molecule has 68 valence electrons. The van der Waals surface area contributed by atoms with Gasteiger partial charge in [0.05, 0.1) is 0 Å². The molecule has 3 heteroatoms. The number of phenolic OH excluding ortho intramolecular Hbond substituents is 1. The molecule has 0 aromatic heterocycles. The van der Waals surface area contributed by atoms with Crippen molar-refractivity contribution in [2.75, 3.05) is 18.4 Å². The van der Waals surface area contributed by atoms with Crippen molar-refractivity contribution >= 4 is 5.69 Å². The normalized spacial score (nSPS) is 29.5. The van der Waals surface area contributed by atoms with Gasteiger partial charge in [0, 0.05) is 36.3 Å². The number of fused-ring (bicyclic) bond motifs is 3. The van der Waals surface area contributed by atoms with Crippen LogP contribution in [-0.2, 0) is 0 Å². The van der Waals surface area contributed by atoms with Crippen LogP contribution in [0.15, 0.2) is 18.2 Å². The van der Waals surface area contributed by atoms with E-state index in [9.17, 15) is 5.11 Å². The summed E-state index contributed by atoms with van der Waals surface area (Å²) in [5.41, 5.74) is 2.20. The zero-order valence-corrected chi connectivity index (χ0v) is 7.25. The molecule has 1 aromatic rings. The molecule has 2 unspecified atom stereocenters. The van der Waals surface area contributed by atoms with Crippen LogP contribution in [0.4, 0.5) is 5.69 Å². The van der Waals surface area contributed by atoms with Crippen LogP contribution >= 0.6 is 0 Å². The first-order valence-corrected chi connectivity index (χ1v) is 4.65. The molecule has 3 rings (SSSR count). The quantitative estimate of drug-likeness (QED) is 0.549. The van der Waals surface area contributed by atoms with Gasteiger partial charge in [-0.25, -0.2) is 0 Å². The van der Waals surface area contributed by atoms with Crippen LogP contribution in [0.2, 0.25) is 0 Å². The van der Waals surface area contributed by atoms with Gasteiger partial charge in [0.15, 0.2) is 0 Å². The van der Waals surface area contributed by atoms with Crippen molar-refractivity contribution in [2.45, 2.75) is 12.0 Å². The zero-order chi connectivity index (χ0) is 8.84. The Hall–Kier alpha value is -1.22. The standard InChI is InChI=1S/C10H12N2O/c13-9-3-1-2-7-10(9)6-4-11-5-8(6)12-7/h1-3,6,8,11-13H,4-5H2. The third-order valence-corrected chi connectivity index (χ3v) is 3.01. The van der Waals surface area contributed by atoms with Gasteiger partial charge in [0.1, 0.15) is 5.75 Å². The van der Waals surface area contributed by atoms with E-state index in [0.717, 1.165) is 24.3 Å². The number of rotatable bonds is 0. The first-order chi connectivity index (χ1) is 6.36. The van der Waals surface area contributed by atoms with Crippen LogP contribution in [0, 0.1) is 0 Å². The maximum atomic E-state index is 9.71. The van der Waals surface area contributed by atoms with Crippen molar-refractivity contribution in [2.24, 2.45) is 0 Å². The summed E-state index contributed by atoms with van der Waals surface area (Å²) >= 11 is 0. The summed E-state index contributed by atoms with van der Waals surface area (Å²) in [5, 5.41) is 16.4. The molecule has 0 spiro atoms. The minimum atomic E-state index is 0.432. The lowest BCUT2D eigenvalue weighted by molar-refractivity contribution is 0.464. The van der Waals surface area contributed by atoms with Gasteiger partial charge in [0.25, 0.3) is 0 Å². The van der Waals surface area contributed by atoms with E-state index in [0.29, 0.717) is 17.7 Å². The average Bonchev–Trinajstić information content (AvgIpc) is 2.62. The van der Waals surface area contributed by atoms with Gasteiger partial charge < -0.3 is 15.7 Å². The molecule has 0 aliphatic carbocycles. The number of anilines is 1. The van der Waals surface area contributed by atoms with E-state index in [1.54, 1.807) is 6.07 Å². The summed E-state index contributed by atoms with van der Waals surface area (Å²) in [6.45, 7) is 1.97. The molecule has 3 nitrogen and oxygen atoms in total. The van der Waals surface area contributed by atoms with Crippen molar-refractivity contribution in [1.82, 2.24) is 5.32 Å². The Bertz CT molecular complexity index is 351. The Balaban J connectivity index is 2.14. The predicted molar refractivity (Wildman–Crippen MR) is 51.1 cm³/mol. The highest BCUT2D eigenvalue weighted by molar-refractivity contribution is 5.65. The Morgan fingerprint density at radius 2 is 2.23 bits per heavy atom. The van der Waals surface area contributed by atoms with Crippen molar-refractivity contribution in [1.29, 1.82) is 0 Å². The van der Waals surface area contributed by atoms with E-state index in [2.05, 4.69) is 10.6 Å². The monoisotopic (exact) mass is 176 g/mol. The molecular weight excluding hydrogens is 164 g/mol. The van der Waals surface area contributed by atoms with Gasteiger partial charge in [-0.3, -0.25) is 0 Å². The van der Waals surface area contributed by atoms with Gasteiger partial charge in [-0.2, -0.15) is 0 Å². The summed E-state index contributed by atoms with van der Waals surface area (Å²) in [4.78, 5) is 0. The molecule has 1 fully saturated rings. The van der Waals surface area contributed by atoms with Crippen LogP contribution in [0.25, 0.3) is 0 Å². The van der Waals surface area contributed by atoms with E-state index in [1.165, 1.54) is 0 Å². The minimum Gasteiger partial charge on any atom is -0.508 e. The largest absolute Gasteiger partial charge is 0.508 e. The van der Waals surface area contributed by atoms with Crippen LogP contribution in [-0.4, -0.2) is 24.2 Å². The average molecular weight is 176 g/mol. The Kier molecular flexibility index (Phi) is 1.32. The highest BCUT2D eigenvalue weighted by Crippen LogP contribution is 2.42. The summed E-state index contributed by atoms with van der Waals surface area (Å²) in [6.07, 6.45) is 0. The van der Waals surface area contributed by atoms with E-state index < -0.39 is 0 Å². The number of benzene rings is 1. The molecule has 0 radical (unpaired) electrons. The highest BCUT2D eigenvalue weighted by atomic mass is 16.3. The van der Waals surface area contributed by atoms with Gasteiger partial charge >= 0.3 is 0 Å². The molecule has 3 N–H and O–H groups in total. The van der Waals surface area contributed by atoms with Crippen molar-refractivity contribution in [3.05, 3.63) is 23.8 Å². The smallest absolute Gasteiger partial charge is 0.121 e. The maximum absolute atomic E-state index is 9.71. The fraction of sp³-hybridized carbons (Fsp3) is 0.400. The molecule has 2 atom stereocenters. The van der Waals surface area contributed by atoms with Crippen LogP contribution < -0.4 is 10.6 Å². The second-order valence-electron chi connectivity index (χ2n) is 3.75. The maximum Gasteiger partial charge on any atom is 0.121 e. The van der Waals surface area contributed by atoms with E-state index in [4.69, 9.17) is 0 Å². The fourth-order valence-electron chi connectivity index (χ4n) is 2.40. The molecule has 0 saturated carbocycles. The molecule has 13 heavy (non-hydrogen) atoms.